The Morgan fingerprint density at radius 3 is 2.46 bits per heavy atom. The van der Waals surface area contributed by atoms with Crippen LogP contribution in [-0.4, -0.2) is 31.1 Å². The molecule has 2 atom stereocenters. The smallest absolute Gasteiger partial charge is 0.416 e. The molecule has 1 fully saturated rings. The molecule has 1 aliphatic heterocycles. The van der Waals surface area contributed by atoms with Crippen molar-refractivity contribution >= 4 is 5.97 Å². The number of nitrogens with zero attached hydrogens (tertiary/aromatic N) is 1. The standard InChI is InChI=1S/C18H24F3NO2/c1-12(2)17(23)24-11-14-5-4-10-22(3)16(14)13-6-8-15(9-7-13)18(19,20)21/h6-9,12,14,16H,4-5,10-11H2,1-3H3/t14-,16+/m0/s1. The molecule has 0 bridgehead atoms. The molecule has 0 amide bonds. The van der Waals surface area contributed by atoms with E-state index in [1.165, 1.54) is 12.1 Å². The molecule has 6 heteroatoms. The van der Waals surface area contributed by atoms with Crippen LogP contribution in [0.5, 0.6) is 0 Å². The predicted octanol–water partition coefficient (Wildman–Crippen LogP) is 4.29. The maximum absolute atomic E-state index is 12.7. The van der Waals surface area contributed by atoms with Crippen molar-refractivity contribution in [3.63, 3.8) is 0 Å². The molecule has 0 aromatic heterocycles. The van der Waals surface area contributed by atoms with E-state index in [1.807, 2.05) is 7.05 Å². The Balaban J connectivity index is 2.15. The summed E-state index contributed by atoms with van der Waals surface area (Å²) in [4.78, 5) is 13.8. The third-order valence-electron chi connectivity index (χ3n) is 4.50. The monoisotopic (exact) mass is 343 g/mol. The molecule has 134 valence electrons. The minimum absolute atomic E-state index is 0.0407. The van der Waals surface area contributed by atoms with E-state index in [0.29, 0.717) is 6.61 Å². The normalized spacial score (nSPS) is 22.6. The Morgan fingerprint density at radius 1 is 1.29 bits per heavy atom. The Bertz CT molecular complexity index is 554. The first-order chi connectivity index (χ1) is 11.2. The molecule has 1 aromatic carbocycles. The minimum Gasteiger partial charge on any atom is -0.465 e. The number of halogens is 3. The Hall–Kier alpha value is -1.56. The number of carbonyl (C=O) groups is 1. The summed E-state index contributed by atoms with van der Waals surface area (Å²) in [6, 6.07) is 5.27. The molecular formula is C18H24F3NO2. The average Bonchev–Trinajstić information content (AvgIpc) is 2.51. The summed E-state index contributed by atoms with van der Waals surface area (Å²) in [5, 5.41) is 0. The molecule has 24 heavy (non-hydrogen) atoms. The van der Waals surface area contributed by atoms with Crippen LogP contribution in [0, 0.1) is 11.8 Å². The van der Waals surface area contributed by atoms with Gasteiger partial charge in [-0.25, -0.2) is 0 Å². The average molecular weight is 343 g/mol. The zero-order valence-electron chi connectivity index (χ0n) is 14.3. The van der Waals surface area contributed by atoms with Gasteiger partial charge in [-0.1, -0.05) is 26.0 Å². The molecule has 1 aromatic rings. The summed E-state index contributed by atoms with van der Waals surface area (Å²) in [7, 11) is 1.96. The van der Waals surface area contributed by atoms with Gasteiger partial charge in [0, 0.05) is 12.0 Å². The van der Waals surface area contributed by atoms with E-state index in [0.717, 1.165) is 37.1 Å². The van der Waals surface area contributed by atoms with Crippen molar-refractivity contribution in [1.82, 2.24) is 4.90 Å². The number of hydrogen-bond donors (Lipinski definition) is 0. The fourth-order valence-corrected chi connectivity index (χ4v) is 3.19. The van der Waals surface area contributed by atoms with Crippen LogP contribution >= 0.6 is 0 Å². The molecule has 1 aliphatic rings. The number of alkyl halides is 3. The van der Waals surface area contributed by atoms with Crippen molar-refractivity contribution in [2.75, 3.05) is 20.2 Å². The van der Waals surface area contributed by atoms with Crippen LogP contribution in [0.4, 0.5) is 13.2 Å². The topological polar surface area (TPSA) is 29.5 Å². The molecule has 0 spiro atoms. The van der Waals surface area contributed by atoms with Gasteiger partial charge >= 0.3 is 12.1 Å². The van der Waals surface area contributed by atoms with Gasteiger partial charge in [-0.3, -0.25) is 9.69 Å². The van der Waals surface area contributed by atoms with E-state index in [2.05, 4.69) is 4.90 Å². The van der Waals surface area contributed by atoms with E-state index in [4.69, 9.17) is 4.74 Å². The van der Waals surface area contributed by atoms with Gasteiger partial charge in [-0.05, 0) is 44.1 Å². The molecule has 0 saturated carbocycles. The summed E-state index contributed by atoms with van der Waals surface area (Å²) >= 11 is 0. The summed E-state index contributed by atoms with van der Waals surface area (Å²) in [6.07, 6.45) is -2.46. The second-order valence-corrected chi connectivity index (χ2v) is 6.73. The van der Waals surface area contributed by atoms with E-state index >= 15 is 0 Å². The first-order valence-corrected chi connectivity index (χ1v) is 8.24. The number of likely N-dealkylation sites (tertiary alicyclic amines) is 1. The third-order valence-corrected chi connectivity index (χ3v) is 4.50. The first-order valence-electron chi connectivity index (χ1n) is 8.24. The summed E-state index contributed by atoms with van der Waals surface area (Å²) in [6.45, 7) is 4.73. The number of benzene rings is 1. The lowest BCUT2D eigenvalue weighted by atomic mass is 9.85. The highest BCUT2D eigenvalue weighted by atomic mass is 19.4. The Kier molecular flexibility index (Phi) is 5.91. The quantitative estimate of drug-likeness (QED) is 0.764. The van der Waals surface area contributed by atoms with Gasteiger partial charge in [0.25, 0.3) is 0 Å². The lowest BCUT2D eigenvalue weighted by Gasteiger charge is -2.39. The van der Waals surface area contributed by atoms with Crippen LogP contribution in [0.3, 0.4) is 0 Å². The van der Waals surface area contributed by atoms with E-state index in [9.17, 15) is 18.0 Å². The van der Waals surface area contributed by atoms with Gasteiger partial charge in [0.2, 0.25) is 0 Å². The molecule has 1 heterocycles. The zero-order valence-corrected chi connectivity index (χ0v) is 14.3. The van der Waals surface area contributed by atoms with Gasteiger partial charge in [-0.15, -0.1) is 0 Å². The van der Waals surface area contributed by atoms with Crippen molar-refractivity contribution in [2.45, 2.75) is 38.9 Å². The second kappa shape index (κ2) is 7.55. The molecule has 0 unspecified atom stereocenters. The number of rotatable bonds is 4. The number of hydrogen-bond acceptors (Lipinski definition) is 3. The molecule has 0 aliphatic carbocycles. The highest BCUT2D eigenvalue weighted by Crippen LogP contribution is 2.37. The van der Waals surface area contributed by atoms with Crippen molar-refractivity contribution in [1.29, 1.82) is 0 Å². The largest absolute Gasteiger partial charge is 0.465 e. The first kappa shape index (κ1) is 18.8. The molecular weight excluding hydrogens is 319 g/mol. The molecule has 0 radical (unpaired) electrons. The fourth-order valence-electron chi connectivity index (χ4n) is 3.19. The molecule has 2 rings (SSSR count). The van der Waals surface area contributed by atoms with Gasteiger partial charge < -0.3 is 4.74 Å². The van der Waals surface area contributed by atoms with Crippen LogP contribution in [0.1, 0.15) is 43.9 Å². The highest BCUT2D eigenvalue weighted by molar-refractivity contribution is 5.71. The van der Waals surface area contributed by atoms with E-state index in [1.54, 1.807) is 13.8 Å². The maximum atomic E-state index is 12.7. The third kappa shape index (κ3) is 4.50. The van der Waals surface area contributed by atoms with Gasteiger partial charge in [-0.2, -0.15) is 13.2 Å². The van der Waals surface area contributed by atoms with Crippen LogP contribution in [0.2, 0.25) is 0 Å². The Morgan fingerprint density at radius 2 is 1.92 bits per heavy atom. The predicted molar refractivity (Wildman–Crippen MR) is 85.3 cm³/mol. The summed E-state index contributed by atoms with van der Waals surface area (Å²) < 4.78 is 43.6. The Labute approximate surface area is 140 Å². The fraction of sp³-hybridized carbons (Fsp3) is 0.611. The number of carbonyl (C=O) groups excluding carboxylic acids is 1. The molecule has 3 nitrogen and oxygen atoms in total. The van der Waals surface area contributed by atoms with Gasteiger partial charge in [0.15, 0.2) is 0 Å². The van der Waals surface area contributed by atoms with Crippen LogP contribution in [0.25, 0.3) is 0 Å². The van der Waals surface area contributed by atoms with Crippen molar-refractivity contribution in [3.05, 3.63) is 35.4 Å². The maximum Gasteiger partial charge on any atom is 0.416 e. The van der Waals surface area contributed by atoms with Gasteiger partial charge in [0.05, 0.1) is 18.1 Å². The SMILES string of the molecule is CC(C)C(=O)OC[C@@H]1CCCN(C)[C@@H]1c1ccc(C(F)(F)F)cc1. The van der Waals surface area contributed by atoms with Crippen LogP contribution in [-0.2, 0) is 15.7 Å². The second-order valence-electron chi connectivity index (χ2n) is 6.73. The number of piperidine rings is 1. The molecule has 1 saturated heterocycles. The lowest BCUT2D eigenvalue weighted by Crippen LogP contribution is -2.38. The zero-order chi connectivity index (χ0) is 17.9. The summed E-state index contributed by atoms with van der Waals surface area (Å²) in [5.74, 6) is -0.339. The van der Waals surface area contributed by atoms with Crippen molar-refractivity contribution in [3.8, 4) is 0 Å². The van der Waals surface area contributed by atoms with E-state index in [-0.39, 0.29) is 23.8 Å². The van der Waals surface area contributed by atoms with Gasteiger partial charge in [0.1, 0.15) is 0 Å². The van der Waals surface area contributed by atoms with E-state index < -0.39 is 11.7 Å². The lowest BCUT2D eigenvalue weighted by molar-refractivity contribution is -0.150. The minimum atomic E-state index is -4.33. The summed E-state index contributed by atoms with van der Waals surface area (Å²) in [5.41, 5.74) is 0.184. The van der Waals surface area contributed by atoms with Crippen LogP contribution < -0.4 is 0 Å². The number of esters is 1. The number of ether oxygens (including phenoxy) is 1. The van der Waals surface area contributed by atoms with Crippen molar-refractivity contribution < 1.29 is 22.7 Å². The van der Waals surface area contributed by atoms with Crippen LogP contribution in [0.15, 0.2) is 24.3 Å². The molecule has 0 N–H and O–H groups in total. The highest BCUT2D eigenvalue weighted by Gasteiger charge is 2.34. The van der Waals surface area contributed by atoms with Crippen molar-refractivity contribution in [2.24, 2.45) is 11.8 Å².